The monoisotopic (exact) mass is 1040 g/mol. The molecule has 1 aromatic rings. The van der Waals surface area contributed by atoms with E-state index < -0.39 is 27.1 Å². The average molecular weight is 1040 g/mol. The number of anilines is 1. The second-order valence-corrected chi connectivity index (χ2v) is 30.0. The van der Waals surface area contributed by atoms with Crippen molar-refractivity contribution in [1.82, 2.24) is 15.6 Å². The number of Topliss-reactive ketones (excluding diaryl/α,β-unsaturated/α-hetero) is 2. The average Bonchev–Trinajstić information content (AvgIpc) is 3.83. The molecule has 10 aliphatic carbocycles. The van der Waals surface area contributed by atoms with Crippen LogP contribution in [-0.2, 0) is 29.4 Å². The van der Waals surface area contributed by atoms with Gasteiger partial charge in [-0.05, 0) is 158 Å². The van der Waals surface area contributed by atoms with Crippen molar-refractivity contribution in [2.75, 3.05) is 5.73 Å². The highest BCUT2D eigenvalue weighted by atomic mass is 16.4. The molecule has 0 spiro atoms. The van der Waals surface area contributed by atoms with E-state index in [-0.39, 0.29) is 120 Å². The van der Waals surface area contributed by atoms with Gasteiger partial charge in [0.2, 0.25) is 11.8 Å². The molecular weight excluding hydrogens is 951 g/mol. The van der Waals surface area contributed by atoms with Gasteiger partial charge in [0, 0.05) is 44.3 Å². The van der Waals surface area contributed by atoms with Crippen molar-refractivity contribution in [3.63, 3.8) is 0 Å². The largest absolute Gasteiger partial charge is 0.408 e. The summed E-state index contributed by atoms with van der Waals surface area (Å²) in [4.78, 5) is 68.0. The molecule has 1 heterocycles. The molecule has 0 unspecified atom stereocenters. The molecule has 5 N–H and O–H groups in total. The molecule has 408 valence electrons. The van der Waals surface area contributed by atoms with Gasteiger partial charge in [-0.25, -0.2) is 5.84 Å². The van der Waals surface area contributed by atoms with Crippen molar-refractivity contribution in [3.05, 3.63) is 52.5 Å². The van der Waals surface area contributed by atoms with Crippen molar-refractivity contribution in [2.45, 2.75) is 192 Å². The number of amides is 1. The minimum Gasteiger partial charge on any atom is -0.408 e. The van der Waals surface area contributed by atoms with Crippen LogP contribution in [0.25, 0.3) is 0 Å². The Kier molecular flexibility index (Phi) is 11.8. The zero-order valence-electron chi connectivity index (χ0n) is 48.1. The number of hydrogen-bond acceptors (Lipinski definition) is 12. The number of ketones is 4. The maximum absolute atomic E-state index is 14.5. The van der Waals surface area contributed by atoms with Gasteiger partial charge >= 0.3 is 6.01 Å². The first-order valence-corrected chi connectivity index (χ1v) is 28.6. The zero-order valence-corrected chi connectivity index (χ0v) is 48.1. The van der Waals surface area contributed by atoms with E-state index in [0.717, 1.165) is 94.6 Å². The number of hydrazine groups is 1. The first kappa shape index (κ1) is 54.3. The van der Waals surface area contributed by atoms with Gasteiger partial charge < -0.3 is 10.2 Å². The summed E-state index contributed by atoms with van der Waals surface area (Å²) in [5, 5.41) is 28.0. The van der Waals surface area contributed by atoms with Crippen LogP contribution in [0.2, 0.25) is 0 Å². The number of fused-ring (bicyclic) bond motifs is 14. The van der Waals surface area contributed by atoms with Crippen molar-refractivity contribution in [3.8, 4) is 12.1 Å². The topological polar surface area (TPSA) is 236 Å². The van der Waals surface area contributed by atoms with Crippen molar-refractivity contribution >= 4 is 35.1 Å². The Labute approximate surface area is 451 Å². The van der Waals surface area contributed by atoms with Crippen molar-refractivity contribution in [1.29, 1.82) is 10.5 Å². The second kappa shape index (κ2) is 16.5. The number of nitrogens with zero attached hydrogens (tertiary/aromatic N) is 4. The quantitative estimate of drug-likeness (QED) is 0.142. The number of nitrogens with two attached hydrogens (primary N) is 2. The smallest absolute Gasteiger partial charge is 0.312 e. The van der Waals surface area contributed by atoms with Crippen LogP contribution < -0.4 is 17.0 Å². The highest BCUT2D eigenvalue weighted by molar-refractivity contribution is 6.05. The Morgan fingerprint density at radius 3 is 1.43 bits per heavy atom. The molecule has 6 fully saturated rings. The molecule has 11 rings (SSSR count). The van der Waals surface area contributed by atoms with Crippen molar-refractivity contribution < 1.29 is 28.4 Å². The number of hydrogen-bond donors (Lipinski definition) is 3. The lowest BCUT2D eigenvalue weighted by Crippen LogP contribution is -2.65. The molecule has 0 bridgehead atoms. The summed E-state index contributed by atoms with van der Waals surface area (Å²) in [5.74, 6) is 6.35. The number of nitrogen functional groups attached to an aromatic ring is 1. The van der Waals surface area contributed by atoms with Crippen LogP contribution in [0.3, 0.4) is 0 Å². The van der Waals surface area contributed by atoms with Gasteiger partial charge in [-0.3, -0.25) is 29.4 Å². The fourth-order valence-corrected chi connectivity index (χ4v) is 20.5. The molecular formula is C63H85N7O6. The number of carbonyl (C=O) groups is 5. The lowest BCUT2D eigenvalue weighted by atomic mass is 9.34. The second-order valence-electron chi connectivity index (χ2n) is 30.0. The molecule has 13 nitrogen and oxygen atoms in total. The fraction of sp³-hybridized carbons (Fsp3) is 0.730. The van der Waals surface area contributed by atoms with Crippen LogP contribution in [-0.4, -0.2) is 39.2 Å². The van der Waals surface area contributed by atoms with Gasteiger partial charge in [-0.15, -0.1) is 5.10 Å². The summed E-state index contributed by atoms with van der Waals surface area (Å²) in [7, 11) is 0. The van der Waals surface area contributed by atoms with Crippen LogP contribution in [0.1, 0.15) is 193 Å². The van der Waals surface area contributed by atoms with E-state index in [9.17, 15) is 34.5 Å². The fourth-order valence-electron chi connectivity index (χ4n) is 20.5. The van der Waals surface area contributed by atoms with Crippen molar-refractivity contribution in [2.24, 2.45) is 101 Å². The van der Waals surface area contributed by atoms with Gasteiger partial charge in [0.05, 0.1) is 11.1 Å². The third-order valence-electron chi connectivity index (χ3n) is 25.8. The summed E-state index contributed by atoms with van der Waals surface area (Å²) >= 11 is 0. The molecule has 0 aromatic carbocycles. The number of nitriles is 2. The number of rotatable bonds is 2. The minimum absolute atomic E-state index is 0.0180. The molecule has 1 aromatic heterocycles. The Bertz CT molecular complexity index is 3000. The highest BCUT2D eigenvalue weighted by Crippen LogP contribution is 2.77. The van der Waals surface area contributed by atoms with E-state index in [1.807, 2.05) is 58.9 Å². The molecule has 16 atom stereocenters. The normalized spacial score (nSPS) is 47.4. The number of nitrogens with one attached hydrogen (secondary N) is 1. The molecule has 0 saturated heterocycles. The summed E-state index contributed by atoms with van der Waals surface area (Å²) < 4.78 is 5.75. The van der Waals surface area contributed by atoms with E-state index in [2.05, 4.69) is 90.1 Å². The summed E-state index contributed by atoms with van der Waals surface area (Å²) in [6, 6.07) is 4.45. The Morgan fingerprint density at radius 1 is 0.605 bits per heavy atom. The van der Waals surface area contributed by atoms with Crippen LogP contribution in [0.15, 0.2) is 51.0 Å². The molecule has 1 amide bonds. The first-order valence-electron chi connectivity index (χ1n) is 28.6. The summed E-state index contributed by atoms with van der Waals surface area (Å²) in [5.41, 5.74) is 6.78. The Hall–Kier alpha value is -5.01. The first-order chi connectivity index (χ1) is 35.1. The molecule has 0 radical (unpaired) electrons. The van der Waals surface area contributed by atoms with Crippen LogP contribution in [0.5, 0.6) is 0 Å². The number of aromatic nitrogens is 2. The van der Waals surface area contributed by atoms with E-state index in [4.69, 9.17) is 16.0 Å². The number of allylic oxidation sites excluding steroid dienone is 8. The Morgan fingerprint density at radius 2 is 1.03 bits per heavy atom. The van der Waals surface area contributed by atoms with E-state index in [0.29, 0.717) is 12.3 Å². The molecule has 6 saturated carbocycles. The van der Waals surface area contributed by atoms with Gasteiger partial charge in [0.15, 0.2) is 23.1 Å². The lowest BCUT2D eigenvalue weighted by molar-refractivity contribution is -0.172. The van der Waals surface area contributed by atoms with E-state index >= 15 is 0 Å². The van der Waals surface area contributed by atoms with Gasteiger partial charge in [0.25, 0.3) is 0 Å². The predicted octanol–water partition coefficient (Wildman–Crippen LogP) is 11.3. The predicted molar refractivity (Wildman–Crippen MR) is 288 cm³/mol. The van der Waals surface area contributed by atoms with Crippen LogP contribution in [0, 0.1) is 118 Å². The highest BCUT2D eigenvalue weighted by Gasteiger charge is 2.72. The molecule has 76 heavy (non-hydrogen) atoms. The lowest BCUT2D eigenvalue weighted by Gasteiger charge is -2.69. The maximum Gasteiger partial charge on any atom is 0.312 e. The third-order valence-corrected chi connectivity index (χ3v) is 25.8. The molecule has 0 aliphatic heterocycles. The summed E-state index contributed by atoms with van der Waals surface area (Å²) in [6.07, 6.45) is 20.5. The standard InChI is InChI=1S/C32H42N4O3.C31H43N3O3/c1-27(2)21-8-9-31(6)22(30(21,5)15-18(17-33)24(27)38)14-20(37)23-19-16-29(4,25-35-36-26(34)39-25)11-10-28(19,3)12-13-32(23,31)7;1-26(2)21-8-9-30(6)22(29(21,5)15-18(17-32)24(26)36)14-20(35)23-19-16-28(4,25(37)34-33)11-10-27(19,3)12-13-31(23,30)7/h14-15,19,21,23H,8-13,16H2,1-7H3,(H2,34,36);14-15,19,21,23H,8-13,16,33H2,1-7H3,(H,34,37)/t19-,21-,23-,28+,29-,30-,31+,32+;19-,21-,23-,27+,28-,29-,30+,31+/m00/s1. The summed E-state index contributed by atoms with van der Waals surface area (Å²) in [6.45, 7) is 30.5. The molecule has 13 heteroatoms. The SMILES string of the molecule is CC1(C)C(=O)C(C#N)=C[C@]2(C)C3=CC(=O)[C@@H]4[C@@H]5C[C@@](C)(C(=O)NN)CC[C@]5(C)CC[C@@]4(C)[C@]3(C)CC[C@@H]12.CC1(C)C(=O)C(C#N)=C[C@]2(C)C3=CC(=O)[C@@H]4[C@@H]5C[C@@](C)(c6nnc(N)o6)CC[C@]5(C)CC[C@@]4(C)[C@]3(C)CC[C@@H]12. The van der Waals surface area contributed by atoms with Gasteiger partial charge in [-0.1, -0.05) is 125 Å². The third kappa shape index (κ3) is 6.84. The zero-order chi connectivity index (χ0) is 55.8. The van der Waals surface area contributed by atoms with Crippen LogP contribution >= 0.6 is 0 Å². The van der Waals surface area contributed by atoms with Gasteiger partial charge in [-0.2, -0.15) is 10.5 Å². The molecule has 10 aliphatic rings. The maximum atomic E-state index is 14.5. The minimum atomic E-state index is -0.663. The van der Waals surface area contributed by atoms with E-state index in [1.165, 1.54) is 0 Å². The van der Waals surface area contributed by atoms with Gasteiger partial charge in [0.1, 0.15) is 12.1 Å². The Balaban J connectivity index is 0.000000173. The van der Waals surface area contributed by atoms with Crippen LogP contribution in [0.4, 0.5) is 6.01 Å². The van der Waals surface area contributed by atoms with E-state index in [1.54, 1.807) is 0 Å². The number of carbonyl (C=O) groups excluding carboxylic acids is 5.